The van der Waals surface area contributed by atoms with Crippen molar-refractivity contribution >= 4 is 21.6 Å². The Morgan fingerprint density at radius 1 is 1.17 bits per heavy atom. The zero-order valence-electron chi connectivity index (χ0n) is 17.6. The van der Waals surface area contributed by atoms with Gasteiger partial charge in [0, 0.05) is 19.8 Å². The average Bonchev–Trinajstić information content (AvgIpc) is 2.69. The molecule has 1 atom stereocenters. The molecule has 7 nitrogen and oxygen atoms in total. The van der Waals surface area contributed by atoms with Crippen LogP contribution in [0.25, 0.3) is 0 Å². The van der Waals surface area contributed by atoms with Gasteiger partial charge < -0.3 is 14.8 Å². The maximum Gasteiger partial charge on any atom is 0.253 e. The molecule has 0 aromatic heterocycles. The van der Waals surface area contributed by atoms with Crippen LogP contribution in [0.4, 0.5) is 5.69 Å². The summed E-state index contributed by atoms with van der Waals surface area (Å²) in [5.74, 6) is 0.364. The number of nitrogens with zero attached hydrogens (tertiary/aromatic N) is 1. The van der Waals surface area contributed by atoms with Gasteiger partial charge in [-0.15, -0.1) is 0 Å². The third-order valence-electron chi connectivity index (χ3n) is 4.68. The maximum atomic E-state index is 12.6. The fraction of sp³-hybridized carbons (Fsp3) is 0.381. The van der Waals surface area contributed by atoms with E-state index in [-0.39, 0.29) is 17.4 Å². The maximum absolute atomic E-state index is 12.6. The molecule has 0 aliphatic heterocycles. The Morgan fingerprint density at radius 3 is 2.48 bits per heavy atom. The standard InChI is InChI=1S/C21H28N2O5S/c1-14-10-19(29(25,26)23(4)5)12-20(15(14)2)22-21(24)16(3)28-13-17-8-7-9-18(11-17)27-6/h7-12,16H,13H2,1-6H3,(H,22,24). The number of carbonyl (C=O) groups is 1. The number of aryl methyl sites for hydroxylation is 1. The first-order chi connectivity index (χ1) is 13.6. The molecule has 2 rings (SSSR count). The number of ether oxygens (including phenoxy) is 2. The van der Waals surface area contributed by atoms with E-state index in [1.807, 2.05) is 38.1 Å². The first-order valence-electron chi connectivity index (χ1n) is 9.15. The van der Waals surface area contributed by atoms with Crippen LogP contribution in [0.5, 0.6) is 5.75 Å². The van der Waals surface area contributed by atoms with Crippen LogP contribution in [0, 0.1) is 13.8 Å². The van der Waals surface area contributed by atoms with Gasteiger partial charge in [-0.05, 0) is 61.7 Å². The van der Waals surface area contributed by atoms with Gasteiger partial charge >= 0.3 is 0 Å². The highest BCUT2D eigenvalue weighted by atomic mass is 32.2. The van der Waals surface area contributed by atoms with E-state index in [4.69, 9.17) is 9.47 Å². The molecule has 0 saturated carbocycles. The van der Waals surface area contributed by atoms with Crippen molar-refractivity contribution in [2.45, 2.75) is 38.4 Å². The van der Waals surface area contributed by atoms with Crippen LogP contribution in [0.3, 0.4) is 0 Å². The molecule has 2 aromatic carbocycles. The zero-order valence-corrected chi connectivity index (χ0v) is 18.5. The molecule has 1 amide bonds. The van der Waals surface area contributed by atoms with Crippen molar-refractivity contribution in [3.8, 4) is 5.75 Å². The van der Waals surface area contributed by atoms with Crippen molar-refractivity contribution in [3.05, 3.63) is 53.1 Å². The van der Waals surface area contributed by atoms with Crippen LogP contribution in [0.2, 0.25) is 0 Å². The second-order valence-corrected chi connectivity index (χ2v) is 9.15. The lowest BCUT2D eigenvalue weighted by atomic mass is 10.1. The molecule has 158 valence electrons. The van der Waals surface area contributed by atoms with Crippen molar-refractivity contribution in [1.29, 1.82) is 0 Å². The van der Waals surface area contributed by atoms with E-state index in [1.54, 1.807) is 20.1 Å². The molecule has 0 aliphatic rings. The molecule has 29 heavy (non-hydrogen) atoms. The van der Waals surface area contributed by atoms with Crippen LogP contribution in [-0.2, 0) is 26.2 Å². The first kappa shape index (κ1) is 22.9. The second-order valence-electron chi connectivity index (χ2n) is 6.99. The fourth-order valence-corrected chi connectivity index (χ4v) is 3.62. The molecular weight excluding hydrogens is 392 g/mol. The summed E-state index contributed by atoms with van der Waals surface area (Å²) in [4.78, 5) is 12.7. The molecule has 2 aromatic rings. The Bertz CT molecular complexity index is 987. The van der Waals surface area contributed by atoms with Crippen molar-refractivity contribution in [2.75, 3.05) is 26.5 Å². The topological polar surface area (TPSA) is 84.9 Å². The molecule has 1 unspecified atom stereocenters. The van der Waals surface area contributed by atoms with Crippen LogP contribution in [-0.4, -0.2) is 45.9 Å². The summed E-state index contributed by atoms with van der Waals surface area (Å²) in [5, 5.41) is 2.79. The summed E-state index contributed by atoms with van der Waals surface area (Å²) in [5.41, 5.74) is 2.91. The number of benzene rings is 2. The minimum Gasteiger partial charge on any atom is -0.497 e. The average molecular weight is 421 g/mol. The third kappa shape index (κ3) is 5.56. The van der Waals surface area contributed by atoms with Gasteiger partial charge in [0.2, 0.25) is 10.0 Å². The van der Waals surface area contributed by atoms with Crippen LogP contribution in [0.1, 0.15) is 23.6 Å². The summed E-state index contributed by atoms with van der Waals surface area (Å²) in [6.07, 6.45) is -0.727. The molecule has 0 radical (unpaired) electrons. The number of rotatable bonds is 8. The highest BCUT2D eigenvalue weighted by Gasteiger charge is 2.21. The van der Waals surface area contributed by atoms with Crippen molar-refractivity contribution in [1.82, 2.24) is 4.31 Å². The van der Waals surface area contributed by atoms with E-state index in [1.165, 1.54) is 20.2 Å². The van der Waals surface area contributed by atoms with Gasteiger partial charge in [0.25, 0.3) is 5.91 Å². The summed E-state index contributed by atoms with van der Waals surface area (Å²) in [6.45, 7) is 5.54. The Labute approximate surface area is 172 Å². The highest BCUT2D eigenvalue weighted by Crippen LogP contribution is 2.26. The molecule has 0 spiro atoms. The van der Waals surface area contributed by atoms with Crippen LogP contribution >= 0.6 is 0 Å². The van der Waals surface area contributed by atoms with Gasteiger partial charge in [-0.1, -0.05) is 12.1 Å². The van der Waals surface area contributed by atoms with E-state index < -0.39 is 16.1 Å². The van der Waals surface area contributed by atoms with Gasteiger partial charge in [-0.3, -0.25) is 4.79 Å². The normalized spacial score (nSPS) is 12.7. The monoisotopic (exact) mass is 420 g/mol. The number of amides is 1. The molecule has 0 bridgehead atoms. The Balaban J connectivity index is 2.13. The largest absolute Gasteiger partial charge is 0.497 e. The van der Waals surface area contributed by atoms with Crippen LogP contribution < -0.4 is 10.1 Å². The van der Waals surface area contributed by atoms with Crippen molar-refractivity contribution in [2.24, 2.45) is 0 Å². The molecule has 0 heterocycles. The predicted octanol–water partition coefficient (Wildman–Crippen LogP) is 3.11. The minimum absolute atomic E-state index is 0.130. The summed E-state index contributed by atoms with van der Waals surface area (Å²) < 4.78 is 36.9. The third-order valence-corrected chi connectivity index (χ3v) is 6.47. The molecule has 0 fully saturated rings. The fourth-order valence-electron chi connectivity index (χ4n) is 2.61. The predicted molar refractivity (Wildman–Crippen MR) is 113 cm³/mol. The van der Waals surface area contributed by atoms with Crippen molar-refractivity contribution in [3.63, 3.8) is 0 Å². The van der Waals surface area contributed by atoms with Gasteiger partial charge in [-0.25, -0.2) is 12.7 Å². The Hall–Kier alpha value is -2.42. The molecule has 0 aliphatic carbocycles. The lowest BCUT2D eigenvalue weighted by Gasteiger charge is -2.18. The van der Waals surface area contributed by atoms with E-state index in [0.29, 0.717) is 11.4 Å². The number of nitrogens with one attached hydrogen (secondary N) is 1. The highest BCUT2D eigenvalue weighted by molar-refractivity contribution is 7.89. The van der Waals surface area contributed by atoms with Gasteiger partial charge in [0.1, 0.15) is 11.9 Å². The summed E-state index contributed by atoms with van der Waals surface area (Å²) >= 11 is 0. The summed E-state index contributed by atoms with van der Waals surface area (Å²) in [6, 6.07) is 10.5. The lowest BCUT2D eigenvalue weighted by Crippen LogP contribution is -2.28. The van der Waals surface area contributed by atoms with Gasteiger partial charge in [0.15, 0.2) is 0 Å². The SMILES string of the molecule is COc1cccc(COC(C)C(=O)Nc2cc(S(=O)(=O)N(C)C)cc(C)c2C)c1. The van der Waals surface area contributed by atoms with Gasteiger partial charge in [-0.2, -0.15) is 0 Å². The van der Waals surface area contributed by atoms with Crippen molar-refractivity contribution < 1.29 is 22.7 Å². The smallest absolute Gasteiger partial charge is 0.253 e. The quantitative estimate of drug-likeness (QED) is 0.709. The Morgan fingerprint density at radius 2 is 1.86 bits per heavy atom. The minimum atomic E-state index is -3.61. The second kappa shape index (κ2) is 9.39. The first-order valence-corrected chi connectivity index (χ1v) is 10.6. The lowest BCUT2D eigenvalue weighted by molar-refractivity contribution is -0.127. The molecular formula is C21H28N2O5S. The number of carbonyl (C=O) groups excluding carboxylic acids is 1. The number of sulfonamides is 1. The number of anilines is 1. The van der Waals surface area contributed by atoms with E-state index in [2.05, 4.69) is 5.32 Å². The van der Waals surface area contributed by atoms with Crippen LogP contribution in [0.15, 0.2) is 41.3 Å². The summed E-state index contributed by atoms with van der Waals surface area (Å²) in [7, 11) is 0.919. The molecule has 1 N–H and O–H groups in total. The number of hydrogen-bond donors (Lipinski definition) is 1. The van der Waals surface area contributed by atoms with E-state index in [9.17, 15) is 13.2 Å². The van der Waals surface area contributed by atoms with E-state index in [0.717, 1.165) is 21.0 Å². The van der Waals surface area contributed by atoms with Gasteiger partial charge in [0.05, 0.1) is 18.6 Å². The van der Waals surface area contributed by atoms with E-state index >= 15 is 0 Å². The molecule has 0 saturated heterocycles. The Kier molecular flexibility index (Phi) is 7.40. The zero-order chi connectivity index (χ0) is 21.8. The number of methoxy groups -OCH3 is 1. The number of hydrogen-bond acceptors (Lipinski definition) is 5. The molecule has 8 heteroatoms.